The van der Waals surface area contributed by atoms with E-state index in [1.807, 2.05) is 0 Å². The summed E-state index contributed by atoms with van der Waals surface area (Å²) in [5, 5.41) is 11.4. The maximum Gasteiger partial charge on any atom is 0.235 e. The molecule has 306 valence electrons. The molecule has 0 bridgehead atoms. The average molecular weight is 833 g/mol. The lowest BCUT2D eigenvalue weighted by molar-refractivity contribution is 0.669. The van der Waals surface area contributed by atoms with Gasteiger partial charge in [-0.2, -0.15) is 0 Å². The first-order chi connectivity index (χ1) is 32.2. The predicted molar refractivity (Wildman–Crippen MR) is 270 cm³/mol. The molecule has 0 spiro atoms. The van der Waals surface area contributed by atoms with Gasteiger partial charge in [-0.25, -0.2) is 9.97 Å². The Morgan fingerprint density at radius 3 is 2.23 bits per heavy atom. The first-order valence-electron chi connectivity index (χ1n) is 22.6. The number of fused-ring (bicyclic) bond motifs is 16. The monoisotopic (exact) mass is 832 g/mol. The Balaban J connectivity index is 1.13. The van der Waals surface area contributed by atoms with Crippen LogP contribution in [0.3, 0.4) is 0 Å². The van der Waals surface area contributed by atoms with E-state index in [0.717, 1.165) is 89.8 Å². The molecule has 0 fully saturated rings. The van der Waals surface area contributed by atoms with Crippen molar-refractivity contribution in [3.05, 3.63) is 203 Å². The summed E-state index contributed by atoms with van der Waals surface area (Å²) in [7, 11) is 0. The van der Waals surface area contributed by atoms with E-state index in [0.29, 0.717) is 11.9 Å². The molecular formula is C60H40N4O. The summed E-state index contributed by atoms with van der Waals surface area (Å²) in [5.74, 6) is 0.994. The standard InChI is InChI=1S/C60H40N4O/c1-36-27-30-44-47(33-36)54-48-34-39(37-15-4-2-5-16-37)18-14-25-51(48)64(58(54)59-55(44)45-23-11-13-26-53(45)65-59)60-61-49-31-28-38-17-8-9-21-42(38)56(49)57(62-60)40-29-32-52-46(35-40)43-22-10-12-24-50(43)63(52)41-19-6-3-7-20-41/h2-13,15-32,34-36H,14,33H2,1H3. The first-order valence-corrected chi connectivity index (χ1v) is 22.6. The van der Waals surface area contributed by atoms with Crippen molar-refractivity contribution < 1.29 is 4.42 Å². The maximum atomic E-state index is 7.07. The molecule has 0 radical (unpaired) electrons. The van der Waals surface area contributed by atoms with Crippen molar-refractivity contribution >= 4 is 100 Å². The van der Waals surface area contributed by atoms with Crippen molar-refractivity contribution in [2.45, 2.75) is 19.8 Å². The zero-order valence-corrected chi connectivity index (χ0v) is 35.7. The molecule has 8 aromatic carbocycles. The lowest BCUT2D eigenvalue weighted by atomic mass is 9.85. The van der Waals surface area contributed by atoms with Gasteiger partial charge in [0.2, 0.25) is 5.95 Å². The molecule has 1 atom stereocenters. The van der Waals surface area contributed by atoms with Gasteiger partial charge in [-0.3, -0.25) is 4.57 Å². The zero-order valence-electron chi connectivity index (χ0n) is 35.7. The number of rotatable bonds is 4. The topological polar surface area (TPSA) is 48.8 Å². The predicted octanol–water partition coefficient (Wildman–Crippen LogP) is 13.6. The van der Waals surface area contributed by atoms with Crippen LogP contribution < -0.4 is 10.6 Å². The fourth-order valence-electron chi connectivity index (χ4n) is 11.0. The van der Waals surface area contributed by atoms with Gasteiger partial charge in [0.25, 0.3) is 0 Å². The van der Waals surface area contributed by atoms with Crippen LogP contribution in [0, 0.1) is 5.92 Å². The Morgan fingerprint density at radius 1 is 0.600 bits per heavy atom. The Morgan fingerprint density at radius 2 is 1.35 bits per heavy atom. The van der Waals surface area contributed by atoms with Crippen molar-refractivity contribution in [2.75, 3.05) is 0 Å². The maximum absolute atomic E-state index is 7.07. The Labute approximate surface area is 373 Å². The van der Waals surface area contributed by atoms with Gasteiger partial charge in [-0.15, -0.1) is 0 Å². The van der Waals surface area contributed by atoms with Gasteiger partial charge in [-0.1, -0.05) is 153 Å². The van der Waals surface area contributed by atoms with Crippen LogP contribution in [-0.4, -0.2) is 19.1 Å². The largest absolute Gasteiger partial charge is 0.454 e. The van der Waals surface area contributed by atoms with Gasteiger partial charge in [0.1, 0.15) is 11.1 Å². The zero-order chi connectivity index (χ0) is 42.8. The second-order valence-corrected chi connectivity index (χ2v) is 17.7. The molecule has 0 saturated heterocycles. The molecule has 0 N–H and O–H groups in total. The first kappa shape index (κ1) is 36.2. The van der Waals surface area contributed by atoms with Crippen LogP contribution in [-0.2, 0) is 6.42 Å². The summed E-state index contributed by atoms with van der Waals surface area (Å²) in [6.07, 6.45) is 13.5. The Kier molecular flexibility index (Phi) is 7.72. The number of allylic oxidation sites excluding steroid dienone is 3. The van der Waals surface area contributed by atoms with Gasteiger partial charge in [0.15, 0.2) is 5.58 Å². The lowest BCUT2D eigenvalue weighted by Crippen LogP contribution is -2.29. The fourth-order valence-corrected chi connectivity index (χ4v) is 11.0. The van der Waals surface area contributed by atoms with Crippen LogP contribution in [0.1, 0.15) is 30.0 Å². The number of hydrogen-bond donors (Lipinski definition) is 0. The highest BCUT2D eigenvalue weighted by Crippen LogP contribution is 2.43. The highest BCUT2D eigenvalue weighted by atomic mass is 16.3. The highest BCUT2D eigenvalue weighted by molar-refractivity contribution is 6.20. The van der Waals surface area contributed by atoms with Crippen LogP contribution in [0.2, 0.25) is 0 Å². The van der Waals surface area contributed by atoms with E-state index in [1.165, 1.54) is 49.2 Å². The van der Waals surface area contributed by atoms with Crippen LogP contribution in [0.15, 0.2) is 180 Å². The lowest BCUT2D eigenvalue weighted by Gasteiger charge is -2.19. The van der Waals surface area contributed by atoms with Gasteiger partial charge in [0.05, 0.1) is 27.6 Å². The summed E-state index contributed by atoms with van der Waals surface area (Å²) in [5.41, 5.74) is 14.0. The molecule has 5 nitrogen and oxygen atoms in total. The van der Waals surface area contributed by atoms with E-state index < -0.39 is 0 Å². The van der Waals surface area contributed by atoms with Gasteiger partial charge < -0.3 is 8.98 Å². The van der Waals surface area contributed by atoms with E-state index in [-0.39, 0.29) is 0 Å². The average Bonchev–Trinajstić information content (AvgIpc) is 3.96. The minimum atomic E-state index is 0.374. The summed E-state index contributed by atoms with van der Waals surface area (Å²) < 4.78 is 11.8. The van der Waals surface area contributed by atoms with Crippen molar-refractivity contribution in [3.8, 4) is 22.9 Å². The normalized spacial score (nSPS) is 14.8. The smallest absolute Gasteiger partial charge is 0.235 e. The molecule has 0 saturated carbocycles. The second-order valence-electron chi connectivity index (χ2n) is 17.7. The number of aromatic nitrogens is 4. The number of nitrogens with zero attached hydrogens (tertiary/aromatic N) is 4. The van der Waals surface area contributed by atoms with E-state index >= 15 is 0 Å². The molecule has 14 rings (SSSR count). The second kappa shape index (κ2) is 13.9. The molecule has 2 aliphatic carbocycles. The third kappa shape index (κ3) is 5.33. The molecule has 4 aromatic heterocycles. The molecule has 0 aliphatic heterocycles. The van der Waals surface area contributed by atoms with E-state index in [9.17, 15) is 0 Å². The molecule has 2 aliphatic rings. The highest BCUT2D eigenvalue weighted by Gasteiger charge is 2.28. The molecule has 0 amide bonds. The van der Waals surface area contributed by atoms with Crippen molar-refractivity contribution in [2.24, 2.45) is 5.92 Å². The Hall–Kier alpha value is -8.28. The third-order valence-corrected chi connectivity index (χ3v) is 13.9. The fraction of sp³-hybridized carbons (Fsp3) is 0.0667. The van der Waals surface area contributed by atoms with Gasteiger partial charge in [0, 0.05) is 48.8 Å². The molecule has 4 heterocycles. The number of para-hydroxylation sites is 3. The quantitative estimate of drug-likeness (QED) is 0.166. The number of furan rings is 1. The summed E-state index contributed by atoms with van der Waals surface area (Å²) in [4.78, 5) is 11.4. The minimum absolute atomic E-state index is 0.374. The van der Waals surface area contributed by atoms with Crippen molar-refractivity contribution in [1.29, 1.82) is 0 Å². The van der Waals surface area contributed by atoms with Crippen LogP contribution >= 0.6 is 0 Å². The molecule has 5 heteroatoms. The van der Waals surface area contributed by atoms with Crippen LogP contribution in [0.25, 0.3) is 123 Å². The van der Waals surface area contributed by atoms with Gasteiger partial charge >= 0.3 is 0 Å². The Bertz CT molecular complexity index is 4180. The van der Waals surface area contributed by atoms with E-state index in [1.54, 1.807) is 0 Å². The van der Waals surface area contributed by atoms with Crippen molar-refractivity contribution in [1.82, 2.24) is 19.1 Å². The molecule has 65 heavy (non-hydrogen) atoms. The third-order valence-electron chi connectivity index (χ3n) is 13.9. The van der Waals surface area contributed by atoms with Crippen molar-refractivity contribution in [3.63, 3.8) is 0 Å². The summed E-state index contributed by atoms with van der Waals surface area (Å²) in [6, 6.07) is 58.4. The minimum Gasteiger partial charge on any atom is -0.454 e. The summed E-state index contributed by atoms with van der Waals surface area (Å²) in [6.45, 7) is 2.32. The van der Waals surface area contributed by atoms with E-state index in [4.69, 9.17) is 14.4 Å². The molecule has 12 aromatic rings. The number of benzene rings is 8. The van der Waals surface area contributed by atoms with Crippen LogP contribution in [0.5, 0.6) is 0 Å². The molecule has 1 unspecified atom stereocenters. The SMILES string of the molecule is CC1C=Cc2c(c3c4c(n(-c5nc(-c6ccc7c(c6)c6ccccc6n7-c6ccccc6)c6c(ccc7ccccc76)n5)c3c3oc5ccccc5c23)=CCC=C(c2ccccc2)C=4)C1. The van der Waals surface area contributed by atoms with Gasteiger partial charge in [-0.05, 0) is 100 Å². The van der Waals surface area contributed by atoms with Crippen LogP contribution in [0.4, 0.5) is 0 Å². The summed E-state index contributed by atoms with van der Waals surface area (Å²) >= 11 is 0. The molecular weight excluding hydrogens is 793 g/mol. The number of hydrogen-bond acceptors (Lipinski definition) is 3. The van der Waals surface area contributed by atoms with E-state index in [2.05, 4.69) is 210 Å².